The Morgan fingerprint density at radius 1 is 1.26 bits per heavy atom. The Bertz CT molecular complexity index is 575. The molecule has 0 aliphatic carbocycles. The van der Waals surface area contributed by atoms with Gasteiger partial charge in [0.25, 0.3) is 11.8 Å². The molecule has 2 rings (SSSR count). The van der Waals surface area contributed by atoms with Crippen molar-refractivity contribution in [1.29, 1.82) is 0 Å². The zero-order valence-electron chi connectivity index (χ0n) is 10.4. The van der Waals surface area contributed by atoms with E-state index in [4.69, 9.17) is 16.3 Å². The number of hydrogen-bond donors (Lipinski definition) is 0. The van der Waals surface area contributed by atoms with Gasteiger partial charge in [-0.2, -0.15) is 0 Å². The van der Waals surface area contributed by atoms with E-state index < -0.39 is 11.8 Å². The third-order valence-corrected chi connectivity index (χ3v) is 3.15. The Morgan fingerprint density at radius 2 is 1.89 bits per heavy atom. The van der Waals surface area contributed by atoms with Crippen molar-refractivity contribution >= 4 is 29.0 Å². The zero-order chi connectivity index (χ0) is 14.0. The molecule has 0 atom stereocenters. The van der Waals surface area contributed by atoms with Gasteiger partial charge in [-0.05, 0) is 17.7 Å². The molecule has 5 heteroatoms. The number of amides is 2. The minimum atomic E-state index is -0.489. The molecule has 1 aliphatic heterocycles. The molecule has 2 amide bonds. The van der Waals surface area contributed by atoms with Crippen LogP contribution in [0.4, 0.5) is 0 Å². The highest BCUT2D eigenvalue weighted by atomic mass is 35.5. The molecule has 0 saturated carbocycles. The lowest BCUT2D eigenvalue weighted by Crippen LogP contribution is -2.31. The minimum Gasteiger partial charge on any atom is -0.497 e. The fourth-order valence-electron chi connectivity index (χ4n) is 1.85. The topological polar surface area (TPSA) is 46.6 Å². The molecule has 0 spiro atoms. The summed E-state index contributed by atoms with van der Waals surface area (Å²) in [7, 11) is 1.55. The highest BCUT2D eigenvalue weighted by Gasteiger charge is 2.37. The molecule has 0 fully saturated rings. The van der Waals surface area contributed by atoms with Crippen LogP contribution < -0.4 is 4.74 Å². The standard InChI is InChI=1S/C14H12ClNO3/c1-3-8-16-13(17)11(12(15)14(16)18)9-4-6-10(19-2)7-5-9/h3-7H,1,8H2,2H3. The van der Waals surface area contributed by atoms with Crippen LogP contribution in [0.25, 0.3) is 5.57 Å². The van der Waals surface area contributed by atoms with Crippen molar-refractivity contribution in [3.05, 3.63) is 47.5 Å². The first-order valence-corrected chi connectivity index (χ1v) is 5.99. The highest BCUT2D eigenvalue weighted by Crippen LogP contribution is 2.32. The lowest BCUT2D eigenvalue weighted by molar-refractivity contribution is -0.135. The van der Waals surface area contributed by atoms with E-state index in [9.17, 15) is 9.59 Å². The Morgan fingerprint density at radius 3 is 2.42 bits per heavy atom. The van der Waals surface area contributed by atoms with Gasteiger partial charge in [-0.1, -0.05) is 29.8 Å². The van der Waals surface area contributed by atoms with Gasteiger partial charge < -0.3 is 4.74 Å². The summed E-state index contributed by atoms with van der Waals surface area (Å²) in [5.74, 6) is -0.224. The molecule has 1 heterocycles. The predicted octanol–water partition coefficient (Wildman–Crippen LogP) is 2.20. The molecule has 19 heavy (non-hydrogen) atoms. The van der Waals surface area contributed by atoms with Crippen LogP contribution >= 0.6 is 11.6 Å². The first-order chi connectivity index (χ1) is 9.10. The first kappa shape index (κ1) is 13.4. The van der Waals surface area contributed by atoms with Gasteiger partial charge in [-0.15, -0.1) is 6.58 Å². The molecule has 0 aromatic heterocycles. The second-order valence-corrected chi connectivity index (χ2v) is 4.31. The van der Waals surface area contributed by atoms with Gasteiger partial charge in [0.2, 0.25) is 0 Å². The van der Waals surface area contributed by atoms with Gasteiger partial charge in [0.15, 0.2) is 0 Å². The average molecular weight is 278 g/mol. The van der Waals surface area contributed by atoms with Crippen molar-refractivity contribution in [1.82, 2.24) is 4.90 Å². The smallest absolute Gasteiger partial charge is 0.273 e. The van der Waals surface area contributed by atoms with E-state index in [-0.39, 0.29) is 17.2 Å². The van der Waals surface area contributed by atoms with E-state index in [1.807, 2.05) is 0 Å². The van der Waals surface area contributed by atoms with Crippen LogP contribution in [-0.2, 0) is 9.59 Å². The number of hydrogen-bond acceptors (Lipinski definition) is 3. The third kappa shape index (κ3) is 2.27. The Kier molecular flexibility index (Phi) is 3.71. The van der Waals surface area contributed by atoms with E-state index in [2.05, 4.69) is 6.58 Å². The Hall–Kier alpha value is -2.07. The zero-order valence-corrected chi connectivity index (χ0v) is 11.1. The molecular weight excluding hydrogens is 266 g/mol. The fraction of sp³-hybridized carbons (Fsp3) is 0.143. The number of carbonyl (C=O) groups excluding carboxylic acids is 2. The Balaban J connectivity index is 2.40. The summed E-state index contributed by atoms with van der Waals surface area (Å²) in [5.41, 5.74) is 0.812. The van der Waals surface area contributed by atoms with Crippen molar-refractivity contribution in [2.75, 3.05) is 13.7 Å². The summed E-state index contributed by atoms with van der Waals surface area (Å²) >= 11 is 5.96. The number of imide groups is 1. The summed E-state index contributed by atoms with van der Waals surface area (Å²) in [6.07, 6.45) is 1.48. The molecule has 0 N–H and O–H groups in total. The van der Waals surface area contributed by atoms with Crippen molar-refractivity contribution in [3.63, 3.8) is 0 Å². The number of nitrogens with zero attached hydrogens (tertiary/aromatic N) is 1. The van der Waals surface area contributed by atoms with Crippen LogP contribution in [0.5, 0.6) is 5.75 Å². The van der Waals surface area contributed by atoms with Gasteiger partial charge in [-0.3, -0.25) is 14.5 Å². The largest absolute Gasteiger partial charge is 0.497 e. The molecule has 1 aromatic carbocycles. The number of methoxy groups -OCH3 is 1. The summed E-state index contributed by atoms with van der Waals surface area (Å²) < 4.78 is 5.04. The maximum Gasteiger partial charge on any atom is 0.273 e. The van der Waals surface area contributed by atoms with Crippen LogP contribution in [-0.4, -0.2) is 30.4 Å². The van der Waals surface area contributed by atoms with Crippen LogP contribution in [0.15, 0.2) is 42.0 Å². The second-order valence-electron chi connectivity index (χ2n) is 3.93. The molecular formula is C14H12ClNO3. The molecule has 0 radical (unpaired) electrons. The summed E-state index contributed by atoms with van der Waals surface area (Å²) in [6.45, 7) is 3.66. The number of rotatable bonds is 4. The summed E-state index contributed by atoms with van der Waals surface area (Å²) in [6, 6.07) is 6.80. The lowest BCUT2D eigenvalue weighted by Gasteiger charge is -2.11. The second kappa shape index (κ2) is 5.28. The highest BCUT2D eigenvalue weighted by molar-refractivity contribution is 6.55. The monoisotopic (exact) mass is 277 g/mol. The normalized spacial score (nSPS) is 15.2. The number of ether oxygens (including phenoxy) is 1. The maximum atomic E-state index is 12.2. The summed E-state index contributed by atoms with van der Waals surface area (Å²) in [5, 5.41) is -0.0583. The van der Waals surface area contributed by atoms with Gasteiger partial charge in [0.1, 0.15) is 10.8 Å². The fourth-order valence-corrected chi connectivity index (χ4v) is 2.14. The van der Waals surface area contributed by atoms with E-state index in [0.717, 1.165) is 4.90 Å². The maximum absolute atomic E-state index is 12.2. The molecule has 1 aromatic rings. The molecule has 0 unspecified atom stereocenters. The third-order valence-electron chi connectivity index (χ3n) is 2.80. The molecule has 98 valence electrons. The number of carbonyl (C=O) groups is 2. The van der Waals surface area contributed by atoms with Gasteiger partial charge in [0.05, 0.1) is 12.7 Å². The first-order valence-electron chi connectivity index (χ1n) is 5.61. The van der Waals surface area contributed by atoms with Crippen molar-refractivity contribution < 1.29 is 14.3 Å². The van der Waals surface area contributed by atoms with Gasteiger partial charge >= 0.3 is 0 Å². The van der Waals surface area contributed by atoms with Crippen LogP contribution in [0, 0.1) is 0 Å². The molecule has 4 nitrogen and oxygen atoms in total. The van der Waals surface area contributed by atoms with Gasteiger partial charge in [0, 0.05) is 6.54 Å². The van der Waals surface area contributed by atoms with Crippen LogP contribution in [0.2, 0.25) is 0 Å². The lowest BCUT2D eigenvalue weighted by atomic mass is 10.1. The van der Waals surface area contributed by atoms with Crippen molar-refractivity contribution in [2.24, 2.45) is 0 Å². The van der Waals surface area contributed by atoms with Crippen LogP contribution in [0.1, 0.15) is 5.56 Å². The minimum absolute atomic E-state index is 0.0583. The van der Waals surface area contributed by atoms with Crippen molar-refractivity contribution in [3.8, 4) is 5.75 Å². The SMILES string of the molecule is C=CCN1C(=O)C(Cl)=C(c2ccc(OC)cc2)C1=O. The van der Waals surface area contributed by atoms with E-state index in [0.29, 0.717) is 11.3 Å². The van der Waals surface area contributed by atoms with E-state index >= 15 is 0 Å². The Labute approximate surface area is 115 Å². The molecule has 0 saturated heterocycles. The molecule has 0 bridgehead atoms. The van der Waals surface area contributed by atoms with Crippen molar-refractivity contribution in [2.45, 2.75) is 0 Å². The quantitative estimate of drug-likeness (QED) is 0.626. The van der Waals surface area contributed by atoms with E-state index in [1.165, 1.54) is 6.08 Å². The predicted molar refractivity (Wildman–Crippen MR) is 72.7 cm³/mol. The van der Waals surface area contributed by atoms with Gasteiger partial charge in [-0.25, -0.2) is 0 Å². The number of benzene rings is 1. The van der Waals surface area contributed by atoms with E-state index in [1.54, 1.807) is 31.4 Å². The van der Waals surface area contributed by atoms with Crippen LogP contribution in [0.3, 0.4) is 0 Å². The summed E-state index contributed by atoms with van der Waals surface area (Å²) in [4.78, 5) is 25.1. The number of halogens is 1. The molecule has 1 aliphatic rings. The average Bonchev–Trinajstić information content (AvgIpc) is 2.64.